The minimum absolute atomic E-state index is 0.0653. The van der Waals surface area contributed by atoms with Gasteiger partial charge in [-0.2, -0.15) is 5.10 Å². The molecular formula is C23H28N4O2S. The van der Waals surface area contributed by atoms with Crippen molar-refractivity contribution in [3.63, 3.8) is 0 Å². The summed E-state index contributed by atoms with van der Waals surface area (Å²) in [5, 5.41) is 5.39. The summed E-state index contributed by atoms with van der Waals surface area (Å²) in [6.45, 7) is 7.79. The van der Waals surface area contributed by atoms with Crippen LogP contribution in [0.2, 0.25) is 0 Å². The van der Waals surface area contributed by atoms with Gasteiger partial charge < -0.3 is 14.5 Å². The summed E-state index contributed by atoms with van der Waals surface area (Å²) in [5.74, 6) is 0.0653. The molecule has 1 saturated heterocycles. The number of rotatable bonds is 6. The smallest absolute Gasteiger partial charge is 0.264 e. The first kappa shape index (κ1) is 20.6. The highest BCUT2D eigenvalue weighted by Gasteiger charge is 2.26. The third-order valence-corrected chi connectivity index (χ3v) is 6.49. The molecule has 30 heavy (non-hydrogen) atoms. The van der Waals surface area contributed by atoms with Crippen molar-refractivity contribution < 1.29 is 9.53 Å². The molecule has 0 spiro atoms. The SMILES string of the molecule is CC(C)N(Cc1cnn(C)c1)C(=O)c1cc(-c2ccccc2)c(N2CCOCC2)s1. The summed E-state index contributed by atoms with van der Waals surface area (Å²) in [4.78, 5) is 18.6. The molecule has 1 aliphatic rings. The first-order valence-corrected chi connectivity index (χ1v) is 11.1. The third kappa shape index (κ3) is 4.42. The lowest BCUT2D eigenvalue weighted by molar-refractivity contribution is 0.0695. The van der Waals surface area contributed by atoms with Gasteiger partial charge in [-0.1, -0.05) is 30.3 Å². The zero-order chi connectivity index (χ0) is 21.1. The van der Waals surface area contributed by atoms with Gasteiger partial charge in [0.1, 0.15) is 0 Å². The van der Waals surface area contributed by atoms with Crippen LogP contribution in [0, 0.1) is 0 Å². The van der Waals surface area contributed by atoms with E-state index >= 15 is 0 Å². The molecule has 1 aromatic carbocycles. The maximum absolute atomic E-state index is 13.5. The van der Waals surface area contributed by atoms with Gasteiger partial charge in [0.2, 0.25) is 0 Å². The Bertz CT molecular complexity index is 990. The number of hydrogen-bond acceptors (Lipinski definition) is 5. The normalized spacial score (nSPS) is 14.3. The molecule has 0 bridgehead atoms. The van der Waals surface area contributed by atoms with Crippen LogP contribution in [-0.4, -0.2) is 52.9 Å². The van der Waals surface area contributed by atoms with E-state index in [2.05, 4.69) is 42.0 Å². The van der Waals surface area contributed by atoms with E-state index in [1.54, 1.807) is 16.0 Å². The number of aryl methyl sites for hydroxylation is 1. The topological polar surface area (TPSA) is 50.6 Å². The number of amides is 1. The zero-order valence-corrected chi connectivity index (χ0v) is 18.6. The molecule has 4 rings (SSSR count). The predicted molar refractivity (Wildman–Crippen MR) is 121 cm³/mol. The second-order valence-electron chi connectivity index (χ2n) is 7.84. The Balaban J connectivity index is 1.68. The molecule has 0 unspecified atom stereocenters. The number of ether oxygens (including phenoxy) is 1. The molecule has 3 heterocycles. The Morgan fingerprint density at radius 1 is 1.23 bits per heavy atom. The van der Waals surface area contributed by atoms with Crippen LogP contribution in [0.3, 0.4) is 0 Å². The number of thiophene rings is 1. The van der Waals surface area contributed by atoms with Crippen molar-refractivity contribution in [2.45, 2.75) is 26.4 Å². The van der Waals surface area contributed by atoms with E-state index in [4.69, 9.17) is 4.74 Å². The number of nitrogens with zero attached hydrogens (tertiary/aromatic N) is 4. The summed E-state index contributed by atoms with van der Waals surface area (Å²) in [7, 11) is 1.89. The van der Waals surface area contributed by atoms with Crippen molar-refractivity contribution in [2.75, 3.05) is 31.2 Å². The van der Waals surface area contributed by atoms with Crippen molar-refractivity contribution in [1.29, 1.82) is 0 Å². The summed E-state index contributed by atoms with van der Waals surface area (Å²) in [5.41, 5.74) is 3.29. The highest BCUT2D eigenvalue weighted by atomic mass is 32.1. The van der Waals surface area contributed by atoms with E-state index in [9.17, 15) is 4.79 Å². The molecular weight excluding hydrogens is 396 g/mol. The number of hydrogen-bond donors (Lipinski definition) is 0. The monoisotopic (exact) mass is 424 g/mol. The fourth-order valence-corrected chi connectivity index (χ4v) is 4.88. The van der Waals surface area contributed by atoms with Crippen molar-refractivity contribution in [2.24, 2.45) is 7.05 Å². The summed E-state index contributed by atoms with van der Waals surface area (Å²) in [6.07, 6.45) is 3.79. The lowest BCUT2D eigenvalue weighted by atomic mass is 10.1. The van der Waals surface area contributed by atoms with Crippen LogP contribution in [0.4, 0.5) is 5.00 Å². The summed E-state index contributed by atoms with van der Waals surface area (Å²) < 4.78 is 7.31. The quantitative estimate of drug-likeness (QED) is 0.599. The van der Waals surface area contributed by atoms with Gasteiger partial charge in [-0.3, -0.25) is 9.48 Å². The third-order valence-electron chi connectivity index (χ3n) is 5.30. The molecule has 3 aromatic rings. The number of aromatic nitrogens is 2. The Kier molecular flexibility index (Phi) is 6.20. The van der Waals surface area contributed by atoms with Crippen molar-refractivity contribution in [3.05, 3.63) is 59.2 Å². The maximum atomic E-state index is 13.5. The second kappa shape index (κ2) is 9.02. The highest BCUT2D eigenvalue weighted by Crippen LogP contribution is 2.40. The number of morpholine rings is 1. The van der Waals surface area contributed by atoms with E-state index in [-0.39, 0.29) is 11.9 Å². The van der Waals surface area contributed by atoms with Crippen LogP contribution < -0.4 is 4.90 Å². The first-order valence-electron chi connectivity index (χ1n) is 10.3. The molecule has 6 nitrogen and oxygen atoms in total. The second-order valence-corrected chi connectivity index (χ2v) is 8.87. The van der Waals surface area contributed by atoms with Gasteiger partial charge in [0.15, 0.2) is 0 Å². The molecule has 0 saturated carbocycles. The number of carbonyl (C=O) groups is 1. The number of anilines is 1. The lowest BCUT2D eigenvalue weighted by Gasteiger charge is -2.28. The predicted octanol–water partition coefficient (Wildman–Crippen LogP) is 4.04. The molecule has 7 heteroatoms. The van der Waals surface area contributed by atoms with Gasteiger partial charge in [-0.05, 0) is 25.5 Å². The molecule has 1 aliphatic heterocycles. The van der Waals surface area contributed by atoms with E-state index in [0.29, 0.717) is 19.8 Å². The number of benzene rings is 1. The lowest BCUT2D eigenvalue weighted by Crippen LogP contribution is -2.36. The fraction of sp³-hybridized carbons (Fsp3) is 0.391. The van der Waals surface area contributed by atoms with Gasteiger partial charge in [0, 0.05) is 50.0 Å². The summed E-state index contributed by atoms with van der Waals surface area (Å²) >= 11 is 1.59. The molecule has 0 radical (unpaired) electrons. The van der Waals surface area contributed by atoms with E-state index in [1.807, 2.05) is 42.5 Å². The average molecular weight is 425 g/mol. The van der Waals surface area contributed by atoms with Crippen molar-refractivity contribution in [1.82, 2.24) is 14.7 Å². The van der Waals surface area contributed by atoms with Gasteiger partial charge in [-0.25, -0.2) is 0 Å². The van der Waals surface area contributed by atoms with Gasteiger partial charge in [-0.15, -0.1) is 11.3 Å². The summed E-state index contributed by atoms with van der Waals surface area (Å²) in [6, 6.07) is 12.5. The molecule has 1 fully saturated rings. The minimum atomic E-state index is 0.0653. The van der Waals surface area contributed by atoms with Crippen LogP contribution in [0.15, 0.2) is 48.8 Å². The van der Waals surface area contributed by atoms with Crippen LogP contribution >= 0.6 is 11.3 Å². The van der Waals surface area contributed by atoms with Gasteiger partial charge >= 0.3 is 0 Å². The zero-order valence-electron chi connectivity index (χ0n) is 17.7. The van der Waals surface area contributed by atoms with E-state index in [1.165, 1.54) is 0 Å². The minimum Gasteiger partial charge on any atom is -0.378 e. The molecule has 0 aliphatic carbocycles. The molecule has 0 N–H and O–H groups in total. The van der Waals surface area contributed by atoms with Gasteiger partial charge in [0.25, 0.3) is 5.91 Å². The van der Waals surface area contributed by atoms with Crippen LogP contribution in [0.1, 0.15) is 29.1 Å². The Labute approximate surface area is 181 Å². The molecule has 1 amide bonds. The van der Waals surface area contributed by atoms with Crippen LogP contribution in [0.5, 0.6) is 0 Å². The van der Waals surface area contributed by atoms with E-state index < -0.39 is 0 Å². The highest BCUT2D eigenvalue weighted by molar-refractivity contribution is 7.18. The first-order chi connectivity index (χ1) is 14.5. The van der Waals surface area contributed by atoms with Crippen LogP contribution in [-0.2, 0) is 18.3 Å². The van der Waals surface area contributed by atoms with Gasteiger partial charge in [0.05, 0.1) is 29.3 Å². The van der Waals surface area contributed by atoms with Crippen molar-refractivity contribution >= 4 is 22.2 Å². The number of carbonyl (C=O) groups excluding carboxylic acids is 1. The molecule has 158 valence electrons. The fourth-order valence-electron chi connectivity index (χ4n) is 3.69. The Hall–Kier alpha value is -2.64. The Morgan fingerprint density at radius 2 is 1.97 bits per heavy atom. The standard InChI is InChI=1S/C23H28N4O2S/c1-17(2)27(16-18-14-24-25(3)15-18)22(28)21-13-20(19-7-5-4-6-8-19)23(30-21)26-9-11-29-12-10-26/h4-8,13-15,17H,9-12,16H2,1-3H3. The maximum Gasteiger partial charge on any atom is 0.264 e. The van der Waals surface area contributed by atoms with E-state index in [0.717, 1.165) is 39.7 Å². The Morgan fingerprint density at radius 3 is 2.60 bits per heavy atom. The van der Waals surface area contributed by atoms with Crippen LogP contribution in [0.25, 0.3) is 11.1 Å². The van der Waals surface area contributed by atoms with Crippen molar-refractivity contribution in [3.8, 4) is 11.1 Å². The molecule has 2 aromatic heterocycles. The average Bonchev–Trinajstić information content (AvgIpc) is 3.39. The largest absolute Gasteiger partial charge is 0.378 e. The molecule has 0 atom stereocenters.